The third-order valence-electron chi connectivity index (χ3n) is 5.83. The van der Waals surface area contributed by atoms with Crippen LogP contribution in [0.5, 0.6) is 0 Å². The molecule has 0 saturated heterocycles. The molecule has 2 rings (SSSR count). The summed E-state index contributed by atoms with van der Waals surface area (Å²) in [5.74, 6) is -0.864. The topological polar surface area (TPSA) is 90.1 Å². The lowest BCUT2D eigenvalue weighted by Gasteiger charge is -2.45. The van der Waals surface area contributed by atoms with E-state index in [4.69, 9.17) is 10.2 Å². The molecule has 3 N–H and O–H groups in total. The molecular formula is C19H33FN4O2Si. The molecule has 27 heavy (non-hydrogen) atoms. The number of nitrogens with two attached hydrogens (primary N) is 1. The molecule has 6 nitrogen and oxygen atoms in total. The van der Waals surface area contributed by atoms with Crippen LogP contribution in [-0.4, -0.2) is 36.8 Å². The molecule has 0 unspecified atom stereocenters. The van der Waals surface area contributed by atoms with E-state index in [1.54, 1.807) is 0 Å². The average molecular weight is 397 g/mol. The SMILES string of the molecule is CC(C)[Si](OCC1CC(Nc2ncc(F)nc2C(N)=O)C1)(C(C)C)C(C)C. The van der Waals surface area contributed by atoms with Gasteiger partial charge in [-0.05, 0) is 35.4 Å². The number of halogens is 1. The minimum absolute atomic E-state index is 0.152. The van der Waals surface area contributed by atoms with Gasteiger partial charge >= 0.3 is 0 Å². The molecule has 0 bridgehead atoms. The molecule has 0 radical (unpaired) electrons. The fourth-order valence-corrected chi connectivity index (χ4v) is 10.1. The number of carbonyl (C=O) groups is 1. The fourth-order valence-electron chi connectivity index (χ4n) is 4.59. The summed E-state index contributed by atoms with van der Waals surface area (Å²) < 4.78 is 19.8. The van der Waals surface area contributed by atoms with E-state index >= 15 is 0 Å². The van der Waals surface area contributed by atoms with E-state index in [1.807, 2.05) is 0 Å². The lowest BCUT2D eigenvalue weighted by Crippen LogP contribution is -2.50. The predicted octanol–water partition coefficient (Wildman–Crippen LogP) is 4.10. The van der Waals surface area contributed by atoms with Crippen LogP contribution in [0.4, 0.5) is 10.2 Å². The van der Waals surface area contributed by atoms with Gasteiger partial charge in [0.1, 0.15) is 0 Å². The van der Waals surface area contributed by atoms with Gasteiger partial charge in [-0.15, -0.1) is 0 Å². The molecule has 152 valence electrons. The highest BCUT2D eigenvalue weighted by molar-refractivity contribution is 6.77. The second-order valence-corrected chi connectivity index (χ2v) is 14.0. The monoisotopic (exact) mass is 396 g/mol. The number of rotatable bonds is 9. The van der Waals surface area contributed by atoms with Gasteiger partial charge in [0.2, 0.25) is 5.95 Å². The van der Waals surface area contributed by atoms with Crippen molar-refractivity contribution in [2.45, 2.75) is 77.0 Å². The van der Waals surface area contributed by atoms with Crippen molar-refractivity contribution in [1.82, 2.24) is 9.97 Å². The zero-order valence-electron chi connectivity index (χ0n) is 17.3. The van der Waals surface area contributed by atoms with Gasteiger partial charge < -0.3 is 15.5 Å². The number of hydrogen-bond acceptors (Lipinski definition) is 5. The van der Waals surface area contributed by atoms with Crippen LogP contribution in [0.1, 0.15) is 64.9 Å². The number of anilines is 1. The lowest BCUT2D eigenvalue weighted by molar-refractivity contribution is 0.0994. The van der Waals surface area contributed by atoms with Gasteiger partial charge in [0.05, 0.1) is 6.20 Å². The molecule has 0 atom stereocenters. The molecule has 1 aromatic heterocycles. The second kappa shape index (κ2) is 8.64. The van der Waals surface area contributed by atoms with Crippen LogP contribution in [0.25, 0.3) is 0 Å². The van der Waals surface area contributed by atoms with E-state index in [1.165, 1.54) is 0 Å². The van der Waals surface area contributed by atoms with Crippen LogP contribution in [0.2, 0.25) is 16.6 Å². The Morgan fingerprint density at radius 1 is 1.26 bits per heavy atom. The minimum atomic E-state index is -1.84. The number of aromatic nitrogens is 2. The van der Waals surface area contributed by atoms with Crippen LogP contribution in [0, 0.1) is 11.9 Å². The number of primary amides is 1. The van der Waals surface area contributed by atoms with Crippen molar-refractivity contribution in [3.05, 3.63) is 17.8 Å². The Labute approximate surface area is 162 Å². The van der Waals surface area contributed by atoms with Crippen LogP contribution in [0.3, 0.4) is 0 Å². The van der Waals surface area contributed by atoms with Crippen LogP contribution in [-0.2, 0) is 4.43 Å². The van der Waals surface area contributed by atoms with E-state index in [-0.39, 0.29) is 17.6 Å². The summed E-state index contributed by atoms with van der Waals surface area (Å²) in [5, 5.41) is 3.17. The zero-order chi connectivity index (χ0) is 20.4. The summed E-state index contributed by atoms with van der Waals surface area (Å²) in [4.78, 5) is 18.9. The molecule has 1 aliphatic carbocycles. The van der Waals surface area contributed by atoms with Gasteiger partial charge in [-0.2, -0.15) is 4.39 Å². The van der Waals surface area contributed by atoms with E-state index in [0.717, 1.165) is 25.6 Å². The number of carbonyl (C=O) groups excluding carboxylic acids is 1. The van der Waals surface area contributed by atoms with Crippen molar-refractivity contribution >= 4 is 20.0 Å². The maximum atomic E-state index is 13.2. The van der Waals surface area contributed by atoms with E-state index < -0.39 is 20.2 Å². The maximum Gasteiger partial charge on any atom is 0.271 e. The molecular weight excluding hydrogens is 363 g/mol. The average Bonchev–Trinajstić information content (AvgIpc) is 2.52. The van der Waals surface area contributed by atoms with E-state index in [0.29, 0.717) is 22.5 Å². The Bertz CT molecular complexity index is 641. The Kier molecular flexibility index (Phi) is 6.96. The summed E-state index contributed by atoms with van der Waals surface area (Å²) in [7, 11) is -1.84. The van der Waals surface area contributed by atoms with Gasteiger partial charge in [0.15, 0.2) is 19.8 Å². The molecule has 1 heterocycles. The van der Waals surface area contributed by atoms with Gasteiger partial charge in [-0.1, -0.05) is 41.5 Å². The minimum Gasteiger partial charge on any atom is -0.416 e. The molecule has 1 amide bonds. The highest BCUT2D eigenvalue weighted by Gasteiger charge is 2.46. The Hall–Kier alpha value is -1.54. The van der Waals surface area contributed by atoms with Crippen molar-refractivity contribution in [3.8, 4) is 0 Å². The first-order chi connectivity index (χ1) is 12.6. The van der Waals surface area contributed by atoms with Gasteiger partial charge in [-0.25, -0.2) is 9.97 Å². The van der Waals surface area contributed by atoms with E-state index in [9.17, 15) is 9.18 Å². The highest BCUT2D eigenvalue weighted by atomic mass is 28.4. The first-order valence-corrected chi connectivity index (χ1v) is 11.9. The lowest BCUT2D eigenvalue weighted by atomic mass is 9.81. The summed E-state index contributed by atoms with van der Waals surface area (Å²) in [5.41, 5.74) is 6.82. The Morgan fingerprint density at radius 3 is 2.30 bits per heavy atom. The van der Waals surface area contributed by atoms with Crippen LogP contribution < -0.4 is 11.1 Å². The van der Waals surface area contributed by atoms with Gasteiger partial charge in [0.25, 0.3) is 5.91 Å². The molecule has 1 saturated carbocycles. The molecule has 1 fully saturated rings. The first kappa shape index (κ1) is 21.8. The van der Waals surface area contributed by atoms with Crippen LogP contribution >= 0.6 is 0 Å². The standard InChI is InChI=1S/C19H33FN4O2Si/c1-11(2)27(12(3)4,13(5)6)26-10-14-7-15(8-14)23-19-17(18(21)25)24-16(20)9-22-19/h9,11-15H,7-8,10H2,1-6H3,(H2,21,25)(H,22,23). The molecule has 1 aromatic rings. The quantitative estimate of drug-likeness (QED) is 0.613. The Morgan fingerprint density at radius 2 is 1.81 bits per heavy atom. The third-order valence-corrected chi connectivity index (χ3v) is 11.9. The number of nitrogens with one attached hydrogen (secondary N) is 1. The van der Waals surface area contributed by atoms with Gasteiger partial charge in [-0.3, -0.25) is 4.79 Å². The maximum absolute atomic E-state index is 13.2. The predicted molar refractivity (Wildman–Crippen MR) is 108 cm³/mol. The summed E-state index contributed by atoms with van der Waals surface area (Å²) in [6.07, 6.45) is 2.84. The molecule has 0 aliphatic heterocycles. The van der Waals surface area contributed by atoms with Crippen molar-refractivity contribution < 1.29 is 13.6 Å². The normalized spacial score (nSPS) is 20.2. The molecule has 1 aliphatic rings. The van der Waals surface area contributed by atoms with Crippen LogP contribution in [0.15, 0.2) is 6.20 Å². The van der Waals surface area contributed by atoms with Crippen molar-refractivity contribution in [2.24, 2.45) is 11.7 Å². The summed E-state index contributed by atoms with van der Waals surface area (Å²) in [6.45, 7) is 14.5. The van der Waals surface area contributed by atoms with Crippen molar-refractivity contribution in [3.63, 3.8) is 0 Å². The van der Waals surface area contributed by atoms with Crippen molar-refractivity contribution in [1.29, 1.82) is 0 Å². The molecule has 0 spiro atoms. The number of nitrogens with zero attached hydrogens (tertiary/aromatic N) is 2. The van der Waals surface area contributed by atoms with Crippen molar-refractivity contribution in [2.75, 3.05) is 11.9 Å². The number of amides is 1. The first-order valence-electron chi connectivity index (χ1n) is 9.80. The smallest absolute Gasteiger partial charge is 0.271 e. The fraction of sp³-hybridized carbons (Fsp3) is 0.737. The van der Waals surface area contributed by atoms with E-state index in [2.05, 4.69) is 56.8 Å². The molecule has 8 heteroatoms. The second-order valence-electron chi connectivity index (χ2n) is 8.56. The Balaban J connectivity index is 1.93. The zero-order valence-corrected chi connectivity index (χ0v) is 18.3. The largest absolute Gasteiger partial charge is 0.416 e. The number of hydrogen-bond donors (Lipinski definition) is 2. The molecule has 0 aromatic carbocycles. The summed E-state index contributed by atoms with van der Waals surface area (Å²) >= 11 is 0. The van der Waals surface area contributed by atoms with Gasteiger partial charge in [0, 0.05) is 12.6 Å². The third kappa shape index (κ3) is 4.66. The summed E-state index contributed by atoms with van der Waals surface area (Å²) in [6, 6.07) is 0.171. The highest BCUT2D eigenvalue weighted by Crippen LogP contribution is 2.43.